The lowest BCUT2D eigenvalue weighted by Gasteiger charge is -2.17. The zero-order chi connectivity index (χ0) is 19.6. The van der Waals surface area contributed by atoms with Crippen molar-refractivity contribution in [3.8, 4) is 0 Å². The Kier molecular flexibility index (Phi) is 8.14. The molecule has 0 atom stereocenters. The average molecular weight is 382 g/mol. The van der Waals surface area contributed by atoms with Crippen LogP contribution in [-0.4, -0.2) is 64.7 Å². The average Bonchev–Trinajstić information content (AvgIpc) is 2.72. The van der Waals surface area contributed by atoms with E-state index in [1.165, 1.54) is 0 Å². The van der Waals surface area contributed by atoms with E-state index < -0.39 is 0 Å². The molecule has 0 fully saturated rings. The number of hydrogen-bond donors (Lipinski definition) is 5. The predicted octanol–water partition coefficient (Wildman–Crippen LogP) is 0.737. The molecule has 0 saturated carbocycles. The first kappa shape index (κ1) is 20.6. The van der Waals surface area contributed by atoms with Crippen molar-refractivity contribution in [2.75, 3.05) is 58.9 Å². The fourth-order valence-corrected chi connectivity index (χ4v) is 3.47. The molecule has 0 aromatic heterocycles. The highest BCUT2D eigenvalue weighted by molar-refractivity contribution is 6.22. The molecule has 28 heavy (non-hydrogen) atoms. The van der Waals surface area contributed by atoms with Gasteiger partial charge in [-0.1, -0.05) is 36.4 Å². The second-order valence-corrected chi connectivity index (χ2v) is 6.97. The summed E-state index contributed by atoms with van der Waals surface area (Å²) < 4.78 is 0. The van der Waals surface area contributed by atoms with E-state index in [1.54, 1.807) is 0 Å². The van der Waals surface area contributed by atoms with Crippen molar-refractivity contribution in [1.29, 1.82) is 0 Å². The molecule has 0 aliphatic heterocycles. The molecule has 2 aromatic carbocycles. The second-order valence-electron chi connectivity index (χ2n) is 6.97. The fraction of sp³-hybridized carbons (Fsp3) is 0.409. The maximum absolute atomic E-state index is 12.8. The smallest absolute Gasteiger partial charge is 0.190 e. The Morgan fingerprint density at radius 2 is 1.36 bits per heavy atom. The highest BCUT2D eigenvalue weighted by Crippen LogP contribution is 2.30. The third kappa shape index (κ3) is 5.47. The van der Waals surface area contributed by atoms with E-state index in [0.29, 0.717) is 13.1 Å². The summed E-state index contributed by atoms with van der Waals surface area (Å²) in [5, 5.41) is 15.6. The molecule has 0 spiro atoms. The van der Waals surface area contributed by atoms with Crippen molar-refractivity contribution in [3.63, 3.8) is 0 Å². The van der Waals surface area contributed by atoms with Crippen LogP contribution in [0.15, 0.2) is 42.0 Å². The number of hydrogen-bond acceptors (Lipinski definition) is 6. The third-order valence-corrected chi connectivity index (χ3v) is 4.88. The summed E-state index contributed by atoms with van der Waals surface area (Å²) in [5.74, 6) is 0.136. The van der Waals surface area contributed by atoms with Crippen LogP contribution >= 0.6 is 0 Å². The van der Waals surface area contributed by atoms with Crippen molar-refractivity contribution in [2.24, 2.45) is 5.73 Å². The first-order valence-corrected chi connectivity index (χ1v) is 10.1. The van der Waals surface area contributed by atoms with Gasteiger partial charge in [-0.25, -0.2) is 0 Å². The van der Waals surface area contributed by atoms with Gasteiger partial charge in [0.05, 0.1) is 0 Å². The number of ketones is 1. The maximum Gasteiger partial charge on any atom is 0.190 e. The summed E-state index contributed by atoms with van der Waals surface area (Å²) in [6.07, 6.45) is 2.03. The number of Topliss-reactive ketones (excluding diaryl/α,β-unsaturated/α-hetero) is 1. The van der Waals surface area contributed by atoms with Crippen molar-refractivity contribution >= 4 is 22.6 Å². The van der Waals surface area contributed by atoms with E-state index in [1.807, 2.05) is 24.3 Å². The predicted molar refractivity (Wildman–Crippen MR) is 117 cm³/mol. The van der Waals surface area contributed by atoms with Gasteiger partial charge in [-0.15, -0.1) is 0 Å². The monoisotopic (exact) mass is 381 g/mol. The van der Waals surface area contributed by atoms with Crippen LogP contribution in [0.1, 0.15) is 15.9 Å². The van der Waals surface area contributed by atoms with E-state index in [-0.39, 0.29) is 5.78 Å². The van der Waals surface area contributed by atoms with Gasteiger partial charge in [0.2, 0.25) is 0 Å². The minimum atomic E-state index is 0.136. The molecular formula is C22H31N5O. The third-order valence-electron chi connectivity index (χ3n) is 4.88. The van der Waals surface area contributed by atoms with Gasteiger partial charge in [-0.3, -0.25) is 4.79 Å². The number of benzene rings is 2. The van der Waals surface area contributed by atoms with Gasteiger partial charge in [-0.05, 0) is 17.0 Å². The van der Waals surface area contributed by atoms with Crippen LogP contribution in [0, 0.1) is 0 Å². The molecule has 6 heteroatoms. The number of carbonyl (C=O) groups excluding carboxylic acids is 1. The fourth-order valence-electron chi connectivity index (χ4n) is 3.47. The Morgan fingerprint density at radius 3 is 2.04 bits per heavy atom. The minimum absolute atomic E-state index is 0.136. The Bertz CT molecular complexity index is 812. The molecule has 3 rings (SSSR count). The standard InChI is InChI=1S/C22H31N5O/c23-7-8-24-9-10-25-11-12-26-13-14-27-16-19-15-18-5-1-3-17-4-2-6-20(21(17)18)22(19)28/h1-6,15,24-27H,7-14,16,23H2. The minimum Gasteiger partial charge on any atom is -0.329 e. The zero-order valence-corrected chi connectivity index (χ0v) is 16.4. The van der Waals surface area contributed by atoms with Gasteiger partial charge < -0.3 is 27.0 Å². The molecule has 0 bridgehead atoms. The Hall–Kier alpha value is -2.09. The summed E-state index contributed by atoms with van der Waals surface area (Å²) in [6.45, 7) is 7.60. The summed E-state index contributed by atoms with van der Waals surface area (Å²) in [4.78, 5) is 12.8. The maximum atomic E-state index is 12.8. The molecule has 0 saturated heterocycles. The largest absolute Gasteiger partial charge is 0.329 e. The highest BCUT2D eigenvalue weighted by atomic mass is 16.1. The Morgan fingerprint density at radius 1 is 0.750 bits per heavy atom. The molecule has 1 aliphatic rings. The SMILES string of the molecule is NCCNCCNCCNCCNCC1=Cc2cccc3cccc(c23)C1=O. The molecule has 0 heterocycles. The van der Waals surface area contributed by atoms with Crippen LogP contribution < -0.4 is 27.0 Å². The van der Waals surface area contributed by atoms with Crippen LogP contribution in [0.5, 0.6) is 0 Å². The van der Waals surface area contributed by atoms with Gasteiger partial charge in [0, 0.05) is 75.4 Å². The van der Waals surface area contributed by atoms with Crippen molar-refractivity contribution in [3.05, 3.63) is 53.1 Å². The van der Waals surface area contributed by atoms with E-state index in [2.05, 4.69) is 39.5 Å². The molecule has 2 aromatic rings. The molecule has 0 radical (unpaired) electrons. The zero-order valence-electron chi connectivity index (χ0n) is 16.4. The normalized spacial score (nSPS) is 13.2. The topological polar surface area (TPSA) is 91.2 Å². The van der Waals surface area contributed by atoms with Gasteiger partial charge in [0.15, 0.2) is 5.78 Å². The van der Waals surface area contributed by atoms with Crippen LogP contribution in [0.2, 0.25) is 0 Å². The van der Waals surface area contributed by atoms with Gasteiger partial charge in [0.25, 0.3) is 0 Å². The number of carbonyl (C=O) groups is 1. The van der Waals surface area contributed by atoms with Crippen LogP contribution in [0.25, 0.3) is 16.8 Å². The van der Waals surface area contributed by atoms with Crippen molar-refractivity contribution in [1.82, 2.24) is 21.3 Å². The number of rotatable bonds is 13. The molecular weight excluding hydrogens is 350 g/mol. The summed E-state index contributed by atoms with van der Waals surface area (Å²) in [5.41, 5.74) is 8.20. The van der Waals surface area contributed by atoms with Gasteiger partial charge in [0.1, 0.15) is 0 Å². The number of nitrogens with two attached hydrogens (primary N) is 1. The highest BCUT2D eigenvalue weighted by Gasteiger charge is 2.20. The van der Waals surface area contributed by atoms with Crippen molar-refractivity contribution < 1.29 is 4.79 Å². The van der Waals surface area contributed by atoms with E-state index >= 15 is 0 Å². The first-order valence-electron chi connectivity index (χ1n) is 10.1. The molecule has 6 nitrogen and oxygen atoms in total. The summed E-state index contributed by atoms with van der Waals surface area (Å²) in [6, 6.07) is 12.1. The quantitative estimate of drug-likeness (QED) is 0.329. The number of nitrogens with one attached hydrogen (secondary N) is 4. The second kappa shape index (κ2) is 11.0. The molecule has 150 valence electrons. The lowest BCUT2D eigenvalue weighted by Crippen LogP contribution is -2.36. The van der Waals surface area contributed by atoms with Gasteiger partial charge >= 0.3 is 0 Å². The van der Waals surface area contributed by atoms with E-state index in [4.69, 9.17) is 5.73 Å². The summed E-state index contributed by atoms with van der Waals surface area (Å²) >= 11 is 0. The van der Waals surface area contributed by atoms with Crippen LogP contribution in [0.4, 0.5) is 0 Å². The van der Waals surface area contributed by atoms with E-state index in [9.17, 15) is 4.79 Å². The van der Waals surface area contributed by atoms with Crippen LogP contribution in [-0.2, 0) is 0 Å². The molecule has 0 amide bonds. The molecule has 0 unspecified atom stereocenters. The van der Waals surface area contributed by atoms with E-state index in [0.717, 1.165) is 73.3 Å². The Labute approximate surface area is 166 Å². The lowest BCUT2D eigenvalue weighted by atomic mass is 9.88. The first-order chi connectivity index (χ1) is 13.8. The molecule has 1 aliphatic carbocycles. The van der Waals surface area contributed by atoms with Crippen LogP contribution in [0.3, 0.4) is 0 Å². The molecule has 6 N–H and O–H groups in total. The van der Waals surface area contributed by atoms with Crippen molar-refractivity contribution in [2.45, 2.75) is 0 Å². The lowest BCUT2D eigenvalue weighted by molar-refractivity contribution is 0.103. The summed E-state index contributed by atoms with van der Waals surface area (Å²) in [7, 11) is 0. The van der Waals surface area contributed by atoms with Gasteiger partial charge in [-0.2, -0.15) is 0 Å². The Balaban J connectivity index is 1.34.